The molecule has 1 aliphatic rings. The predicted octanol–water partition coefficient (Wildman–Crippen LogP) is 6.39. The van der Waals surface area contributed by atoms with Gasteiger partial charge in [-0.1, -0.05) is 35.9 Å². The van der Waals surface area contributed by atoms with E-state index in [9.17, 15) is 18.0 Å². The fraction of sp³-hybridized carbons (Fsp3) is 0.304. The number of rotatable bonds is 3. The number of carbonyl (C=O) groups is 1. The van der Waals surface area contributed by atoms with E-state index >= 15 is 0 Å². The fourth-order valence-electron chi connectivity index (χ4n) is 3.60. The second-order valence-corrected chi connectivity index (χ2v) is 9.00. The van der Waals surface area contributed by atoms with Crippen LogP contribution in [0.2, 0.25) is 5.02 Å². The van der Waals surface area contributed by atoms with Crippen molar-refractivity contribution in [3.05, 3.63) is 70.4 Å². The molecule has 33 heavy (non-hydrogen) atoms. The molecule has 1 aromatic heterocycles. The molecule has 3 aromatic rings. The Bertz CT molecular complexity index is 1180. The zero-order chi connectivity index (χ0) is 24.0. The molecule has 1 aliphatic heterocycles. The van der Waals surface area contributed by atoms with Gasteiger partial charge in [0.15, 0.2) is 0 Å². The summed E-state index contributed by atoms with van der Waals surface area (Å²) >= 11 is 6.01. The van der Waals surface area contributed by atoms with Gasteiger partial charge < -0.3 is 9.57 Å². The highest BCUT2D eigenvalue weighted by Crippen LogP contribution is 2.39. The normalized spacial score (nSPS) is 14.3. The minimum atomic E-state index is -4.56. The highest BCUT2D eigenvalue weighted by atomic mass is 35.5. The average molecular weight is 480 g/mol. The van der Waals surface area contributed by atoms with Crippen molar-refractivity contribution >= 4 is 17.8 Å². The number of fused-ring (bicyclic) bond motifs is 1. The molecular weight excluding hydrogens is 459 g/mol. The lowest BCUT2D eigenvalue weighted by atomic mass is 10.1. The average Bonchev–Trinajstić information content (AvgIpc) is 3.23. The van der Waals surface area contributed by atoms with Crippen LogP contribution in [0.15, 0.2) is 48.5 Å². The van der Waals surface area contributed by atoms with Crippen molar-refractivity contribution in [2.45, 2.75) is 45.6 Å². The third-order valence-electron chi connectivity index (χ3n) is 4.88. The third-order valence-corrected chi connectivity index (χ3v) is 5.13. The number of carbonyl (C=O) groups excluding carboxylic acids is 1. The van der Waals surface area contributed by atoms with Crippen molar-refractivity contribution in [2.24, 2.45) is 0 Å². The zero-order valence-corrected chi connectivity index (χ0v) is 18.9. The molecule has 0 amide bonds. The monoisotopic (exact) mass is 479 g/mol. The molecule has 2 heterocycles. The van der Waals surface area contributed by atoms with Crippen molar-refractivity contribution in [2.75, 3.05) is 0 Å². The number of alkyl halides is 3. The first-order valence-corrected chi connectivity index (χ1v) is 10.5. The number of para-hydroxylation sites is 1. The number of aromatic nitrogens is 2. The van der Waals surface area contributed by atoms with Crippen LogP contribution in [0, 0.1) is 0 Å². The first kappa shape index (κ1) is 23.1. The van der Waals surface area contributed by atoms with Gasteiger partial charge in [-0.2, -0.15) is 18.3 Å². The number of nitrogens with zero attached hydrogens (tertiary/aromatic N) is 3. The Morgan fingerprint density at radius 1 is 1.03 bits per heavy atom. The van der Waals surface area contributed by atoms with Crippen molar-refractivity contribution in [1.29, 1.82) is 0 Å². The van der Waals surface area contributed by atoms with Crippen LogP contribution in [0.25, 0.3) is 16.9 Å². The third kappa shape index (κ3) is 4.99. The summed E-state index contributed by atoms with van der Waals surface area (Å²) in [6, 6.07) is 12.0. The van der Waals surface area contributed by atoms with Gasteiger partial charge in [-0.3, -0.25) is 0 Å². The largest absolute Gasteiger partial charge is 0.528 e. The molecule has 0 saturated carbocycles. The minimum absolute atomic E-state index is 0.0936. The van der Waals surface area contributed by atoms with Crippen LogP contribution in [0.3, 0.4) is 0 Å². The molecule has 4 rings (SSSR count). The number of ether oxygens (including phenoxy) is 1. The van der Waals surface area contributed by atoms with Crippen LogP contribution in [-0.4, -0.2) is 26.6 Å². The summed E-state index contributed by atoms with van der Waals surface area (Å²) in [6.07, 6.45) is -5.42. The molecule has 0 atom stereocenters. The maximum Gasteiger partial charge on any atom is 0.528 e. The van der Waals surface area contributed by atoms with Gasteiger partial charge in [-0.15, -0.1) is 5.06 Å². The molecule has 0 radical (unpaired) electrons. The summed E-state index contributed by atoms with van der Waals surface area (Å²) in [6.45, 7) is 5.40. The zero-order valence-electron chi connectivity index (χ0n) is 18.1. The lowest BCUT2D eigenvalue weighted by Gasteiger charge is -2.22. The smallest absolute Gasteiger partial charge is 0.427 e. The fourth-order valence-corrected chi connectivity index (χ4v) is 3.73. The molecule has 2 aromatic carbocycles. The second kappa shape index (κ2) is 8.39. The van der Waals surface area contributed by atoms with E-state index in [0.717, 1.165) is 6.07 Å². The summed E-state index contributed by atoms with van der Waals surface area (Å²) in [4.78, 5) is 17.4. The number of hydroxylamine groups is 2. The Morgan fingerprint density at radius 2 is 1.70 bits per heavy atom. The first-order valence-electron chi connectivity index (χ1n) is 10.1. The minimum Gasteiger partial charge on any atom is -0.427 e. The van der Waals surface area contributed by atoms with Crippen molar-refractivity contribution in [3.63, 3.8) is 0 Å². The van der Waals surface area contributed by atoms with Crippen molar-refractivity contribution in [3.8, 4) is 16.9 Å². The van der Waals surface area contributed by atoms with Gasteiger partial charge in [-0.05, 0) is 45.0 Å². The van der Waals surface area contributed by atoms with Crippen molar-refractivity contribution < 1.29 is 27.5 Å². The van der Waals surface area contributed by atoms with Crippen LogP contribution in [0.1, 0.15) is 37.6 Å². The van der Waals surface area contributed by atoms with Gasteiger partial charge in [0.1, 0.15) is 5.60 Å². The van der Waals surface area contributed by atoms with E-state index in [1.165, 1.54) is 27.9 Å². The van der Waals surface area contributed by atoms with E-state index in [-0.39, 0.29) is 18.8 Å². The number of benzene rings is 2. The van der Waals surface area contributed by atoms with E-state index in [0.29, 0.717) is 27.5 Å². The van der Waals surface area contributed by atoms with E-state index in [1.54, 1.807) is 45.0 Å². The van der Waals surface area contributed by atoms with E-state index in [4.69, 9.17) is 21.2 Å². The molecule has 10 heteroatoms. The maximum atomic E-state index is 13.7. The molecule has 0 bridgehead atoms. The predicted molar refractivity (Wildman–Crippen MR) is 116 cm³/mol. The van der Waals surface area contributed by atoms with Crippen LogP contribution in [0.4, 0.5) is 18.0 Å². The summed E-state index contributed by atoms with van der Waals surface area (Å²) in [5.41, 5.74) is 0.624. The quantitative estimate of drug-likeness (QED) is 0.407. The van der Waals surface area contributed by atoms with Gasteiger partial charge in [0.25, 0.3) is 0 Å². The summed E-state index contributed by atoms with van der Waals surface area (Å²) in [7, 11) is 0. The van der Waals surface area contributed by atoms with Gasteiger partial charge in [0, 0.05) is 16.1 Å². The highest BCUT2D eigenvalue weighted by Gasteiger charge is 2.37. The van der Waals surface area contributed by atoms with Crippen LogP contribution >= 0.6 is 11.6 Å². The molecule has 174 valence electrons. The summed E-state index contributed by atoms with van der Waals surface area (Å²) < 4.78 is 47.7. The number of hydrogen-bond acceptors (Lipinski definition) is 5. The van der Waals surface area contributed by atoms with Crippen LogP contribution in [0.5, 0.6) is 0 Å². The number of hydrogen-bond donors (Lipinski definition) is 0. The van der Waals surface area contributed by atoms with Gasteiger partial charge in [0.05, 0.1) is 35.7 Å². The van der Waals surface area contributed by atoms with E-state index < -0.39 is 23.5 Å². The van der Waals surface area contributed by atoms with E-state index in [1.807, 2.05) is 0 Å². The van der Waals surface area contributed by atoms with Gasteiger partial charge >= 0.3 is 12.3 Å². The molecule has 0 fully saturated rings. The highest BCUT2D eigenvalue weighted by molar-refractivity contribution is 6.30. The van der Waals surface area contributed by atoms with E-state index in [2.05, 4.69) is 5.10 Å². The maximum absolute atomic E-state index is 13.7. The number of halogens is 4. The Kier molecular flexibility index (Phi) is 5.88. The van der Waals surface area contributed by atoms with Crippen molar-refractivity contribution in [1.82, 2.24) is 14.8 Å². The van der Waals surface area contributed by atoms with Gasteiger partial charge in [0.2, 0.25) is 0 Å². The topological polar surface area (TPSA) is 56.6 Å². The van der Waals surface area contributed by atoms with Crippen LogP contribution < -0.4 is 0 Å². The standard InChI is InChI=1S/C23H21ClF3N3O3/c1-22(2,3)32-21(31)33-29-12-16-18(13-29)28-30(20(16)14-8-10-15(24)11-9-14)19-7-5-4-6-17(19)23(25,26)27/h4-11H,12-13H2,1-3H3. The molecular formula is C23H21ClF3N3O3. The first-order chi connectivity index (χ1) is 15.4. The lowest BCUT2D eigenvalue weighted by Crippen LogP contribution is -2.29. The summed E-state index contributed by atoms with van der Waals surface area (Å²) in [5.74, 6) is 0. The molecule has 0 unspecified atom stereocenters. The summed E-state index contributed by atoms with van der Waals surface area (Å²) in [5, 5.41) is 6.33. The molecule has 0 saturated heterocycles. The lowest BCUT2D eigenvalue weighted by molar-refractivity contribution is -0.148. The molecule has 0 N–H and O–H groups in total. The Morgan fingerprint density at radius 3 is 2.33 bits per heavy atom. The molecule has 0 spiro atoms. The van der Waals surface area contributed by atoms with Crippen LogP contribution in [-0.2, 0) is 28.8 Å². The Hall–Kier alpha value is -3.04. The van der Waals surface area contributed by atoms with Gasteiger partial charge in [-0.25, -0.2) is 9.48 Å². The second-order valence-electron chi connectivity index (χ2n) is 8.56. The SMILES string of the molecule is CC(C)(C)OC(=O)ON1Cc2nn(-c3ccccc3C(F)(F)F)c(-c3ccc(Cl)cc3)c2C1. The Labute approximate surface area is 193 Å². The molecule has 6 nitrogen and oxygen atoms in total. The Balaban J connectivity index is 1.76. The molecule has 0 aliphatic carbocycles.